The Morgan fingerprint density at radius 1 is 1.35 bits per heavy atom. The van der Waals surface area contributed by atoms with Crippen LogP contribution >= 0.6 is 0 Å². The van der Waals surface area contributed by atoms with Gasteiger partial charge in [0.2, 0.25) is 0 Å². The number of para-hydroxylation sites is 1. The Morgan fingerprint density at radius 2 is 2.13 bits per heavy atom. The van der Waals surface area contributed by atoms with Crippen molar-refractivity contribution in [1.82, 2.24) is 9.78 Å². The maximum atomic E-state index is 12.5. The highest BCUT2D eigenvalue weighted by Gasteiger charge is 2.54. The molecule has 0 radical (unpaired) electrons. The summed E-state index contributed by atoms with van der Waals surface area (Å²) in [5.74, 6) is 0.0101. The van der Waals surface area contributed by atoms with Crippen LogP contribution in [0.2, 0.25) is 0 Å². The zero-order valence-electron chi connectivity index (χ0n) is 13.2. The highest BCUT2D eigenvalue weighted by molar-refractivity contribution is 5.88. The molecule has 0 amide bonds. The molecule has 1 atom stereocenters. The van der Waals surface area contributed by atoms with Gasteiger partial charge in [-0.1, -0.05) is 18.2 Å². The number of nitrogens with zero attached hydrogens (tertiary/aromatic N) is 2. The normalized spacial score (nSPS) is 22.0. The quantitative estimate of drug-likeness (QED) is 0.815. The van der Waals surface area contributed by atoms with Crippen LogP contribution in [-0.2, 0) is 9.47 Å². The number of hydrogen-bond acceptors (Lipinski definition) is 4. The van der Waals surface area contributed by atoms with E-state index in [1.54, 1.807) is 10.7 Å². The summed E-state index contributed by atoms with van der Waals surface area (Å²) in [6, 6.07) is 11.6. The Bertz CT molecular complexity index is 713. The molecule has 2 heterocycles. The average molecular weight is 312 g/mol. The minimum absolute atomic E-state index is 0.308. The number of esters is 1. The lowest BCUT2D eigenvalue weighted by Crippen LogP contribution is -2.29. The van der Waals surface area contributed by atoms with E-state index >= 15 is 0 Å². The van der Waals surface area contributed by atoms with E-state index in [4.69, 9.17) is 9.47 Å². The molecular weight excluding hydrogens is 292 g/mol. The Morgan fingerprint density at radius 3 is 2.78 bits per heavy atom. The Labute approximate surface area is 135 Å². The predicted molar refractivity (Wildman–Crippen MR) is 84.6 cm³/mol. The number of rotatable bonds is 4. The predicted octanol–water partition coefficient (Wildman–Crippen LogP) is 2.91. The number of aryl methyl sites for hydroxylation is 1. The van der Waals surface area contributed by atoms with Crippen molar-refractivity contribution in [2.24, 2.45) is 5.92 Å². The van der Waals surface area contributed by atoms with Crippen molar-refractivity contribution < 1.29 is 14.3 Å². The maximum absolute atomic E-state index is 12.5. The summed E-state index contributed by atoms with van der Waals surface area (Å²) in [5, 5.41) is 4.43. The zero-order chi connectivity index (χ0) is 15.9. The molecule has 1 aromatic heterocycles. The molecule has 1 aliphatic heterocycles. The van der Waals surface area contributed by atoms with E-state index in [0.717, 1.165) is 37.3 Å². The van der Waals surface area contributed by atoms with E-state index in [1.165, 1.54) is 0 Å². The van der Waals surface area contributed by atoms with Crippen molar-refractivity contribution in [3.63, 3.8) is 0 Å². The zero-order valence-corrected chi connectivity index (χ0v) is 13.2. The summed E-state index contributed by atoms with van der Waals surface area (Å²) < 4.78 is 13.0. The van der Waals surface area contributed by atoms with Gasteiger partial charge >= 0.3 is 5.97 Å². The molecule has 2 aromatic rings. The fourth-order valence-electron chi connectivity index (χ4n) is 3.31. The van der Waals surface area contributed by atoms with Gasteiger partial charge in [0, 0.05) is 18.2 Å². The number of hydrogen-bond donors (Lipinski definition) is 0. The molecule has 1 aliphatic carbocycles. The second-order valence-corrected chi connectivity index (χ2v) is 6.43. The third-order valence-corrected chi connectivity index (χ3v) is 4.81. The van der Waals surface area contributed by atoms with E-state index in [0.29, 0.717) is 18.2 Å². The van der Waals surface area contributed by atoms with Crippen LogP contribution in [0.5, 0.6) is 0 Å². The molecule has 23 heavy (non-hydrogen) atoms. The molecule has 120 valence electrons. The third kappa shape index (κ3) is 2.65. The van der Waals surface area contributed by atoms with Gasteiger partial charge in [0.15, 0.2) is 5.69 Å². The SMILES string of the molecule is Cc1cc(C(=O)OC2([C@@H]3CCOC3)CC2)nn1-c1ccccc1. The Balaban J connectivity index is 1.53. The first-order valence-electron chi connectivity index (χ1n) is 8.11. The van der Waals surface area contributed by atoms with Gasteiger partial charge in [-0.05, 0) is 44.4 Å². The summed E-state index contributed by atoms with van der Waals surface area (Å²) in [4.78, 5) is 12.5. The fourth-order valence-corrected chi connectivity index (χ4v) is 3.31. The van der Waals surface area contributed by atoms with Gasteiger partial charge < -0.3 is 9.47 Å². The lowest BCUT2D eigenvalue weighted by atomic mass is 9.99. The summed E-state index contributed by atoms with van der Waals surface area (Å²) in [6.07, 6.45) is 2.85. The molecule has 5 nitrogen and oxygen atoms in total. The molecule has 1 saturated carbocycles. The molecule has 5 heteroatoms. The van der Waals surface area contributed by atoms with Crippen LogP contribution in [0.1, 0.15) is 35.4 Å². The molecule has 2 fully saturated rings. The molecule has 0 N–H and O–H groups in total. The molecule has 2 aliphatic rings. The standard InChI is InChI=1S/C18H20N2O3/c1-13-11-16(19-20(13)15-5-3-2-4-6-15)17(21)23-18(8-9-18)14-7-10-22-12-14/h2-6,11,14H,7-10,12H2,1H3/t14-/m1/s1. The molecule has 0 spiro atoms. The number of benzene rings is 1. The van der Waals surface area contributed by atoms with Gasteiger partial charge in [0.25, 0.3) is 0 Å². The lowest BCUT2D eigenvalue weighted by Gasteiger charge is -2.21. The van der Waals surface area contributed by atoms with Crippen LogP contribution in [0, 0.1) is 12.8 Å². The van der Waals surface area contributed by atoms with E-state index in [1.807, 2.05) is 37.3 Å². The average Bonchev–Trinajstić information content (AvgIpc) is 3.01. The summed E-state index contributed by atoms with van der Waals surface area (Å²) in [7, 11) is 0. The van der Waals surface area contributed by atoms with Crippen molar-refractivity contribution in [3.8, 4) is 5.69 Å². The fraction of sp³-hybridized carbons (Fsp3) is 0.444. The van der Waals surface area contributed by atoms with Crippen LogP contribution in [0.25, 0.3) is 5.69 Å². The van der Waals surface area contributed by atoms with E-state index in [9.17, 15) is 4.79 Å². The second-order valence-electron chi connectivity index (χ2n) is 6.43. The van der Waals surface area contributed by atoms with Gasteiger partial charge in [-0.2, -0.15) is 5.10 Å². The van der Waals surface area contributed by atoms with E-state index in [-0.39, 0.29) is 11.6 Å². The van der Waals surface area contributed by atoms with Crippen molar-refractivity contribution in [2.75, 3.05) is 13.2 Å². The van der Waals surface area contributed by atoms with Gasteiger partial charge in [-0.3, -0.25) is 0 Å². The Hall–Kier alpha value is -2.14. The topological polar surface area (TPSA) is 53.4 Å². The van der Waals surface area contributed by atoms with Crippen molar-refractivity contribution in [1.29, 1.82) is 0 Å². The Kier molecular flexibility index (Phi) is 3.45. The van der Waals surface area contributed by atoms with Crippen molar-refractivity contribution >= 4 is 5.97 Å². The first-order chi connectivity index (χ1) is 11.2. The molecule has 0 unspecified atom stereocenters. The lowest BCUT2D eigenvalue weighted by molar-refractivity contribution is 0.000180. The number of carbonyl (C=O) groups is 1. The maximum Gasteiger partial charge on any atom is 0.359 e. The summed E-state index contributed by atoms with van der Waals surface area (Å²) in [6.45, 7) is 3.41. The van der Waals surface area contributed by atoms with Crippen LogP contribution in [0.3, 0.4) is 0 Å². The van der Waals surface area contributed by atoms with Crippen LogP contribution < -0.4 is 0 Å². The first kappa shape index (κ1) is 14.5. The van der Waals surface area contributed by atoms with Crippen molar-refractivity contribution in [3.05, 3.63) is 47.8 Å². The van der Waals surface area contributed by atoms with Gasteiger partial charge in [0.1, 0.15) is 5.60 Å². The molecular formula is C18H20N2O3. The number of ether oxygens (including phenoxy) is 2. The van der Waals surface area contributed by atoms with E-state index in [2.05, 4.69) is 5.10 Å². The molecule has 1 saturated heterocycles. The van der Waals surface area contributed by atoms with Crippen LogP contribution in [0.15, 0.2) is 36.4 Å². The van der Waals surface area contributed by atoms with Crippen LogP contribution in [0.4, 0.5) is 0 Å². The summed E-state index contributed by atoms with van der Waals surface area (Å²) >= 11 is 0. The minimum Gasteiger partial charge on any atom is -0.454 e. The highest BCUT2D eigenvalue weighted by atomic mass is 16.6. The largest absolute Gasteiger partial charge is 0.454 e. The van der Waals surface area contributed by atoms with Gasteiger partial charge in [-0.25, -0.2) is 9.48 Å². The highest BCUT2D eigenvalue weighted by Crippen LogP contribution is 2.49. The minimum atomic E-state index is -0.327. The third-order valence-electron chi connectivity index (χ3n) is 4.81. The van der Waals surface area contributed by atoms with E-state index < -0.39 is 0 Å². The van der Waals surface area contributed by atoms with Gasteiger partial charge in [-0.15, -0.1) is 0 Å². The smallest absolute Gasteiger partial charge is 0.359 e. The molecule has 1 aromatic carbocycles. The monoisotopic (exact) mass is 312 g/mol. The number of aromatic nitrogens is 2. The van der Waals surface area contributed by atoms with Gasteiger partial charge in [0.05, 0.1) is 12.3 Å². The van der Waals surface area contributed by atoms with Crippen molar-refractivity contribution in [2.45, 2.75) is 31.8 Å². The molecule has 0 bridgehead atoms. The first-order valence-corrected chi connectivity index (χ1v) is 8.11. The number of carbonyl (C=O) groups excluding carboxylic acids is 1. The summed E-state index contributed by atoms with van der Waals surface area (Å²) in [5.41, 5.74) is 1.92. The second kappa shape index (κ2) is 5.49. The van der Waals surface area contributed by atoms with Crippen LogP contribution in [-0.4, -0.2) is 34.6 Å². The molecule has 4 rings (SSSR count).